The zero-order valence-corrected chi connectivity index (χ0v) is 21.2. The van der Waals surface area contributed by atoms with Crippen molar-refractivity contribution in [3.8, 4) is 11.5 Å². The van der Waals surface area contributed by atoms with Gasteiger partial charge in [-0.2, -0.15) is 0 Å². The molecule has 2 rings (SSSR count). The Morgan fingerprint density at radius 3 is 1.19 bits per heavy atom. The predicted molar refractivity (Wildman–Crippen MR) is 131 cm³/mol. The molecule has 31 heavy (non-hydrogen) atoms. The molecule has 2 aromatic rings. The lowest BCUT2D eigenvalue weighted by Gasteiger charge is -2.26. The van der Waals surface area contributed by atoms with Crippen molar-refractivity contribution in [1.29, 1.82) is 0 Å². The third kappa shape index (κ3) is 6.47. The van der Waals surface area contributed by atoms with Crippen molar-refractivity contribution >= 4 is 0 Å². The summed E-state index contributed by atoms with van der Waals surface area (Å²) in [6, 6.07) is 8.39. The third-order valence-electron chi connectivity index (χ3n) is 5.49. The summed E-state index contributed by atoms with van der Waals surface area (Å²) in [5.41, 5.74) is 5.61. The molecule has 4 nitrogen and oxygen atoms in total. The van der Waals surface area contributed by atoms with Gasteiger partial charge in [-0.05, 0) is 72.4 Å². The van der Waals surface area contributed by atoms with E-state index in [0.717, 1.165) is 35.3 Å². The fraction of sp³-hybridized carbons (Fsp3) is 0.556. The van der Waals surface area contributed by atoms with Crippen molar-refractivity contribution in [2.75, 3.05) is 28.2 Å². The third-order valence-corrected chi connectivity index (χ3v) is 5.49. The summed E-state index contributed by atoms with van der Waals surface area (Å²) in [6.45, 7) is 14.3. The van der Waals surface area contributed by atoms with Gasteiger partial charge in [0.15, 0.2) is 0 Å². The van der Waals surface area contributed by atoms with E-state index in [2.05, 4.69) is 104 Å². The zero-order chi connectivity index (χ0) is 23.7. The van der Waals surface area contributed by atoms with E-state index < -0.39 is 0 Å². The molecule has 0 amide bonds. The maximum absolute atomic E-state index is 11.2. The lowest BCUT2D eigenvalue weighted by Crippen LogP contribution is -2.17. The Morgan fingerprint density at radius 2 is 0.935 bits per heavy atom. The highest BCUT2D eigenvalue weighted by Crippen LogP contribution is 2.39. The number of aromatic hydroxyl groups is 2. The first-order valence-corrected chi connectivity index (χ1v) is 11.1. The van der Waals surface area contributed by atoms with E-state index in [1.807, 2.05) is 0 Å². The smallest absolute Gasteiger partial charge is 0.122 e. The van der Waals surface area contributed by atoms with Crippen LogP contribution in [0.2, 0.25) is 0 Å². The van der Waals surface area contributed by atoms with Crippen LogP contribution in [0.3, 0.4) is 0 Å². The molecular weight excluding hydrogens is 384 g/mol. The molecule has 172 valence electrons. The fourth-order valence-electron chi connectivity index (χ4n) is 4.05. The first kappa shape index (κ1) is 25.2. The monoisotopic (exact) mass is 426 g/mol. The van der Waals surface area contributed by atoms with Gasteiger partial charge in [0.05, 0.1) is 0 Å². The van der Waals surface area contributed by atoms with Gasteiger partial charge in [0.2, 0.25) is 0 Å². The predicted octanol–water partition coefficient (Wildman–Crippen LogP) is 5.41. The molecule has 0 atom stereocenters. The van der Waals surface area contributed by atoms with E-state index in [1.165, 1.54) is 11.1 Å². The first-order chi connectivity index (χ1) is 14.1. The minimum absolute atomic E-state index is 0.174. The summed E-state index contributed by atoms with van der Waals surface area (Å²) in [7, 11) is 8.20. The number of rotatable bonds is 6. The number of nitrogens with zero attached hydrogens (tertiary/aromatic N) is 2. The highest BCUT2D eigenvalue weighted by Gasteiger charge is 2.25. The quantitative estimate of drug-likeness (QED) is 0.649. The van der Waals surface area contributed by atoms with Crippen LogP contribution in [0.15, 0.2) is 24.3 Å². The summed E-state index contributed by atoms with van der Waals surface area (Å²) < 4.78 is 0. The van der Waals surface area contributed by atoms with Gasteiger partial charge in [-0.3, -0.25) is 0 Å². The zero-order valence-electron chi connectivity index (χ0n) is 21.2. The summed E-state index contributed by atoms with van der Waals surface area (Å²) in [5.74, 6) is 0.675. The van der Waals surface area contributed by atoms with Gasteiger partial charge in [0.1, 0.15) is 11.5 Å². The number of phenolic OH excluding ortho intramolecular Hbond substituents is 2. The van der Waals surface area contributed by atoms with Gasteiger partial charge in [0.25, 0.3) is 0 Å². The van der Waals surface area contributed by atoms with Gasteiger partial charge in [-0.1, -0.05) is 65.8 Å². The topological polar surface area (TPSA) is 46.9 Å². The molecule has 0 aliphatic heterocycles. The van der Waals surface area contributed by atoms with E-state index in [1.54, 1.807) is 0 Å². The second-order valence-corrected chi connectivity index (χ2v) is 11.5. The second kappa shape index (κ2) is 9.22. The maximum Gasteiger partial charge on any atom is 0.122 e. The summed E-state index contributed by atoms with van der Waals surface area (Å²) >= 11 is 0. The molecule has 0 saturated carbocycles. The van der Waals surface area contributed by atoms with Crippen molar-refractivity contribution in [1.82, 2.24) is 9.80 Å². The van der Waals surface area contributed by atoms with Crippen molar-refractivity contribution in [2.45, 2.75) is 71.9 Å². The Morgan fingerprint density at radius 1 is 0.613 bits per heavy atom. The van der Waals surface area contributed by atoms with Crippen molar-refractivity contribution in [3.05, 3.63) is 57.6 Å². The maximum atomic E-state index is 11.2. The molecule has 2 aromatic carbocycles. The average molecular weight is 427 g/mol. The molecule has 0 aliphatic carbocycles. The van der Waals surface area contributed by atoms with E-state index in [-0.39, 0.29) is 10.8 Å². The number of benzene rings is 2. The van der Waals surface area contributed by atoms with Crippen LogP contribution in [0.5, 0.6) is 11.5 Å². The molecule has 0 spiro atoms. The molecule has 0 saturated heterocycles. The van der Waals surface area contributed by atoms with Gasteiger partial charge in [0, 0.05) is 19.5 Å². The van der Waals surface area contributed by atoms with Gasteiger partial charge in [-0.15, -0.1) is 0 Å². The Balaban J connectivity index is 2.66. The Labute approximate surface area is 189 Å². The van der Waals surface area contributed by atoms with Crippen molar-refractivity contribution in [3.63, 3.8) is 0 Å². The Hall–Kier alpha value is -2.04. The fourth-order valence-corrected chi connectivity index (χ4v) is 4.05. The number of hydrogen-bond donors (Lipinski definition) is 2. The van der Waals surface area contributed by atoms with Crippen molar-refractivity contribution < 1.29 is 10.2 Å². The molecule has 0 aliphatic rings. The molecule has 0 radical (unpaired) electrons. The van der Waals surface area contributed by atoms with Crippen LogP contribution < -0.4 is 0 Å². The lowest BCUT2D eigenvalue weighted by atomic mass is 9.81. The van der Waals surface area contributed by atoms with E-state index in [4.69, 9.17) is 0 Å². The van der Waals surface area contributed by atoms with Crippen LogP contribution >= 0.6 is 0 Å². The van der Waals surface area contributed by atoms with Gasteiger partial charge < -0.3 is 20.0 Å². The normalized spacial score (nSPS) is 12.8. The highest BCUT2D eigenvalue weighted by molar-refractivity contribution is 5.53. The Kier molecular flexibility index (Phi) is 7.50. The molecule has 2 N–H and O–H groups in total. The second-order valence-electron chi connectivity index (χ2n) is 11.5. The summed E-state index contributed by atoms with van der Waals surface area (Å²) in [4.78, 5) is 4.27. The summed E-state index contributed by atoms with van der Waals surface area (Å²) in [6.07, 6.45) is 0.492. The van der Waals surface area contributed by atoms with Crippen LogP contribution in [0.25, 0.3) is 0 Å². The minimum atomic E-state index is -0.174. The minimum Gasteiger partial charge on any atom is -0.507 e. The molecular formula is C27H42N2O2. The van der Waals surface area contributed by atoms with Crippen molar-refractivity contribution in [2.24, 2.45) is 0 Å². The molecule has 0 fully saturated rings. The van der Waals surface area contributed by atoms with Crippen LogP contribution in [0, 0.1) is 0 Å². The van der Waals surface area contributed by atoms with E-state index in [0.29, 0.717) is 17.9 Å². The van der Waals surface area contributed by atoms with E-state index in [9.17, 15) is 10.2 Å². The number of phenols is 2. The first-order valence-electron chi connectivity index (χ1n) is 11.1. The summed E-state index contributed by atoms with van der Waals surface area (Å²) in [5, 5.41) is 22.4. The molecule has 0 bridgehead atoms. The van der Waals surface area contributed by atoms with Crippen LogP contribution in [0.4, 0.5) is 0 Å². The van der Waals surface area contributed by atoms with Crippen LogP contribution in [0.1, 0.15) is 74.9 Å². The van der Waals surface area contributed by atoms with Gasteiger partial charge >= 0.3 is 0 Å². The Bertz CT molecular complexity index is 841. The number of hydrogen-bond acceptors (Lipinski definition) is 4. The molecule has 0 heterocycles. The van der Waals surface area contributed by atoms with E-state index >= 15 is 0 Å². The largest absolute Gasteiger partial charge is 0.507 e. The van der Waals surface area contributed by atoms with Crippen LogP contribution in [-0.4, -0.2) is 48.2 Å². The molecule has 0 aromatic heterocycles. The van der Waals surface area contributed by atoms with Gasteiger partial charge in [-0.25, -0.2) is 0 Å². The highest BCUT2D eigenvalue weighted by atomic mass is 16.3. The lowest BCUT2D eigenvalue weighted by molar-refractivity contribution is 0.398. The standard InChI is InChI=1S/C27H42N2O2/c1-26(2,3)22-13-18(16-28(7)8)11-20(24(22)30)15-21-12-19(17-29(9)10)14-23(25(21)31)27(4,5)6/h11-14,30-31H,15-17H2,1-10H3. The SMILES string of the molecule is CN(C)Cc1cc(Cc2cc(CN(C)C)cc(C(C)(C)C)c2O)c(O)c(C(C)(C)C)c1. The van der Waals surface area contributed by atoms with Crippen LogP contribution in [-0.2, 0) is 30.3 Å². The average Bonchev–Trinajstić information content (AvgIpc) is 2.57. The molecule has 0 unspecified atom stereocenters. The molecule has 4 heteroatoms.